The van der Waals surface area contributed by atoms with Crippen LogP contribution in [0, 0.1) is 23.1 Å². The van der Waals surface area contributed by atoms with Gasteiger partial charge in [0.05, 0.1) is 11.2 Å². The van der Waals surface area contributed by atoms with Crippen LogP contribution in [0.2, 0.25) is 0 Å². The van der Waals surface area contributed by atoms with Gasteiger partial charge in [-0.2, -0.15) is 9.65 Å². The van der Waals surface area contributed by atoms with Crippen LogP contribution in [0.1, 0.15) is 5.56 Å². The summed E-state index contributed by atoms with van der Waals surface area (Å²) in [5.74, 6) is -1.59. The van der Waals surface area contributed by atoms with Crippen molar-refractivity contribution in [3.8, 4) is 6.07 Å². The summed E-state index contributed by atoms with van der Waals surface area (Å²) in [4.78, 5) is 3.46. The minimum atomic E-state index is -0.908. The second-order valence-electron chi connectivity index (χ2n) is 2.97. The first kappa shape index (κ1) is 9.34. The van der Waals surface area contributed by atoms with E-state index < -0.39 is 11.8 Å². The van der Waals surface area contributed by atoms with E-state index in [-0.39, 0.29) is 22.2 Å². The molecule has 0 aliphatic heterocycles. The van der Waals surface area contributed by atoms with Gasteiger partial charge in [-0.1, -0.05) is 0 Å². The Kier molecular flexibility index (Phi) is 1.97. The number of fused-ring (bicyclic) bond motifs is 1. The fraction of sp³-hybridized carbons (Fsp3) is 0. The highest BCUT2D eigenvalue weighted by Crippen LogP contribution is 2.22. The van der Waals surface area contributed by atoms with Gasteiger partial charge in [0.2, 0.25) is 5.95 Å². The lowest BCUT2D eigenvalue weighted by atomic mass is 10.1. The smallest absolute Gasteiger partial charge is 0.231 e. The summed E-state index contributed by atoms with van der Waals surface area (Å²) < 4.78 is 26.5. The Bertz CT molecular complexity index is 587. The van der Waals surface area contributed by atoms with E-state index in [2.05, 4.69) is 4.98 Å². The maximum Gasteiger partial charge on any atom is 0.231 e. The number of hydrogen-bond donors (Lipinski definition) is 1. The minimum Gasteiger partial charge on any atom is -0.396 e. The number of nitrogen functional groups attached to an aromatic ring is 1. The zero-order valence-electron chi connectivity index (χ0n) is 7.46. The summed E-state index contributed by atoms with van der Waals surface area (Å²) >= 11 is 0. The number of nitrogens with zero attached hydrogens (tertiary/aromatic N) is 2. The molecule has 0 fully saturated rings. The van der Waals surface area contributed by atoms with Crippen molar-refractivity contribution in [3.05, 3.63) is 35.5 Å². The number of benzene rings is 1. The van der Waals surface area contributed by atoms with Crippen LogP contribution in [0.15, 0.2) is 18.2 Å². The number of anilines is 1. The molecule has 5 heteroatoms. The molecule has 15 heavy (non-hydrogen) atoms. The molecule has 2 aromatic rings. The lowest BCUT2D eigenvalue weighted by Gasteiger charge is -2.02. The Morgan fingerprint density at radius 2 is 2.07 bits per heavy atom. The molecule has 0 atom stereocenters. The second-order valence-corrected chi connectivity index (χ2v) is 2.97. The average molecular weight is 205 g/mol. The number of halogens is 2. The van der Waals surface area contributed by atoms with E-state index in [9.17, 15) is 8.78 Å². The Morgan fingerprint density at radius 3 is 2.73 bits per heavy atom. The third-order valence-corrected chi connectivity index (χ3v) is 2.04. The molecule has 74 valence electrons. The van der Waals surface area contributed by atoms with Gasteiger partial charge in [-0.15, -0.1) is 0 Å². The maximum atomic E-state index is 13.4. The molecule has 0 bridgehead atoms. The summed E-state index contributed by atoms with van der Waals surface area (Å²) in [6.07, 6.45) is 0. The first-order valence-corrected chi connectivity index (χ1v) is 4.08. The Balaban J connectivity index is 2.90. The van der Waals surface area contributed by atoms with E-state index in [0.717, 1.165) is 6.07 Å². The fourth-order valence-electron chi connectivity index (χ4n) is 1.28. The quantitative estimate of drug-likeness (QED) is 0.528. The van der Waals surface area contributed by atoms with Crippen molar-refractivity contribution in [3.63, 3.8) is 0 Å². The maximum absolute atomic E-state index is 13.4. The highest BCUT2D eigenvalue weighted by molar-refractivity contribution is 5.83. The van der Waals surface area contributed by atoms with E-state index in [1.165, 1.54) is 12.1 Å². The van der Waals surface area contributed by atoms with Gasteiger partial charge in [-0.25, -0.2) is 9.37 Å². The van der Waals surface area contributed by atoms with Crippen LogP contribution in [-0.4, -0.2) is 4.98 Å². The lowest BCUT2D eigenvalue weighted by Crippen LogP contribution is -1.96. The molecular formula is C10H5F2N3. The topological polar surface area (TPSA) is 62.7 Å². The number of rotatable bonds is 0. The normalized spacial score (nSPS) is 10.2. The van der Waals surface area contributed by atoms with Gasteiger partial charge in [-0.3, -0.25) is 0 Å². The zero-order chi connectivity index (χ0) is 11.0. The van der Waals surface area contributed by atoms with Crippen LogP contribution < -0.4 is 5.73 Å². The molecule has 2 N–H and O–H groups in total. The van der Waals surface area contributed by atoms with Crippen LogP contribution in [0.3, 0.4) is 0 Å². The second kappa shape index (κ2) is 3.17. The molecule has 0 aliphatic carbocycles. The Hall–Kier alpha value is -2.22. The molecule has 1 aromatic heterocycles. The van der Waals surface area contributed by atoms with Gasteiger partial charge in [-0.05, 0) is 18.2 Å². The van der Waals surface area contributed by atoms with Gasteiger partial charge >= 0.3 is 0 Å². The molecule has 0 radical (unpaired) electrons. The Morgan fingerprint density at radius 1 is 1.33 bits per heavy atom. The predicted molar refractivity (Wildman–Crippen MR) is 50.8 cm³/mol. The molecule has 1 heterocycles. The van der Waals surface area contributed by atoms with Gasteiger partial charge in [0.1, 0.15) is 11.6 Å². The Labute approximate surface area is 83.8 Å². The fourth-order valence-corrected chi connectivity index (χ4v) is 1.28. The molecule has 0 saturated heterocycles. The van der Waals surface area contributed by atoms with E-state index >= 15 is 0 Å². The number of hydrogen-bond acceptors (Lipinski definition) is 3. The predicted octanol–water partition coefficient (Wildman–Crippen LogP) is 1.97. The molecule has 2 rings (SSSR count). The lowest BCUT2D eigenvalue weighted by molar-refractivity contribution is 0.584. The molecule has 0 saturated carbocycles. The highest BCUT2D eigenvalue weighted by atomic mass is 19.1. The number of aromatic nitrogens is 1. The summed E-state index contributed by atoms with van der Waals surface area (Å²) in [5, 5.41) is 8.60. The van der Waals surface area contributed by atoms with Crippen molar-refractivity contribution >= 4 is 16.6 Å². The van der Waals surface area contributed by atoms with E-state index in [1.54, 1.807) is 6.07 Å². The van der Waals surface area contributed by atoms with E-state index in [1.807, 2.05) is 0 Å². The molecule has 0 amide bonds. The average Bonchev–Trinajstić information content (AvgIpc) is 2.23. The molecule has 1 aromatic carbocycles. The SMILES string of the molecule is N#Cc1cc2c(F)c(N)ccc2nc1F. The van der Waals surface area contributed by atoms with Crippen molar-refractivity contribution in [2.45, 2.75) is 0 Å². The van der Waals surface area contributed by atoms with Crippen LogP contribution >= 0.6 is 0 Å². The van der Waals surface area contributed by atoms with E-state index in [0.29, 0.717) is 0 Å². The van der Waals surface area contributed by atoms with Crippen LogP contribution in [-0.2, 0) is 0 Å². The molecular weight excluding hydrogens is 200 g/mol. The number of nitriles is 1. The van der Waals surface area contributed by atoms with Gasteiger partial charge in [0, 0.05) is 5.39 Å². The molecule has 3 nitrogen and oxygen atoms in total. The third-order valence-electron chi connectivity index (χ3n) is 2.04. The molecule has 0 unspecified atom stereocenters. The monoisotopic (exact) mass is 205 g/mol. The summed E-state index contributed by atoms with van der Waals surface area (Å²) in [7, 11) is 0. The van der Waals surface area contributed by atoms with Gasteiger partial charge < -0.3 is 5.73 Å². The summed E-state index contributed by atoms with van der Waals surface area (Å²) in [6, 6.07) is 5.39. The minimum absolute atomic E-state index is 0.0490. The summed E-state index contributed by atoms with van der Waals surface area (Å²) in [5.41, 5.74) is 5.12. The third kappa shape index (κ3) is 1.36. The van der Waals surface area contributed by atoms with Crippen LogP contribution in [0.5, 0.6) is 0 Å². The number of pyridine rings is 1. The molecule has 0 aliphatic rings. The largest absolute Gasteiger partial charge is 0.396 e. The van der Waals surface area contributed by atoms with Gasteiger partial charge in [0.25, 0.3) is 0 Å². The molecule has 0 spiro atoms. The highest BCUT2D eigenvalue weighted by Gasteiger charge is 2.10. The van der Waals surface area contributed by atoms with Crippen LogP contribution in [0.4, 0.5) is 14.5 Å². The first-order valence-electron chi connectivity index (χ1n) is 4.08. The number of nitrogens with two attached hydrogens (primary N) is 1. The van der Waals surface area contributed by atoms with E-state index in [4.69, 9.17) is 11.0 Å². The van der Waals surface area contributed by atoms with Crippen molar-refractivity contribution < 1.29 is 8.78 Å². The summed E-state index contributed by atoms with van der Waals surface area (Å²) in [6.45, 7) is 0. The van der Waals surface area contributed by atoms with Crippen molar-refractivity contribution in [2.24, 2.45) is 0 Å². The standard InChI is InChI=1S/C10H5F2N3/c11-9-6-3-5(4-13)10(12)15-8(6)2-1-7(9)14/h1-3H,14H2. The van der Waals surface area contributed by atoms with Crippen molar-refractivity contribution in [1.29, 1.82) is 5.26 Å². The zero-order valence-corrected chi connectivity index (χ0v) is 7.46. The van der Waals surface area contributed by atoms with Gasteiger partial charge in [0.15, 0.2) is 5.82 Å². The first-order chi connectivity index (χ1) is 7.13. The van der Waals surface area contributed by atoms with Crippen molar-refractivity contribution in [2.75, 3.05) is 5.73 Å². The van der Waals surface area contributed by atoms with Crippen molar-refractivity contribution in [1.82, 2.24) is 4.98 Å². The van der Waals surface area contributed by atoms with Crippen LogP contribution in [0.25, 0.3) is 10.9 Å².